The number of methoxy groups -OCH3 is 2. The van der Waals surface area contributed by atoms with Gasteiger partial charge >= 0.3 is 0 Å². The van der Waals surface area contributed by atoms with Gasteiger partial charge < -0.3 is 20.1 Å². The van der Waals surface area contributed by atoms with Crippen LogP contribution in [0.15, 0.2) is 36.4 Å². The highest BCUT2D eigenvalue weighted by Gasteiger charge is 2.32. The molecule has 0 spiro atoms. The van der Waals surface area contributed by atoms with Gasteiger partial charge in [-0.05, 0) is 61.7 Å². The Morgan fingerprint density at radius 1 is 1.06 bits per heavy atom. The van der Waals surface area contributed by atoms with Gasteiger partial charge in [-0.25, -0.2) is 0 Å². The zero-order chi connectivity index (χ0) is 23.1. The first-order valence-electron chi connectivity index (χ1n) is 10.4. The van der Waals surface area contributed by atoms with E-state index in [1.54, 1.807) is 32.4 Å². The molecule has 2 amide bonds. The lowest BCUT2D eigenvalue weighted by molar-refractivity contribution is -0.124. The highest BCUT2D eigenvalue weighted by Crippen LogP contribution is 2.27. The van der Waals surface area contributed by atoms with Crippen LogP contribution < -0.4 is 20.1 Å². The molecule has 0 aliphatic carbocycles. The van der Waals surface area contributed by atoms with Gasteiger partial charge in [0.25, 0.3) is 0 Å². The number of hydrogen-bond acceptors (Lipinski definition) is 5. The second-order valence-corrected chi connectivity index (χ2v) is 8.44. The van der Waals surface area contributed by atoms with Gasteiger partial charge in [0.1, 0.15) is 0 Å². The predicted molar refractivity (Wildman–Crippen MR) is 126 cm³/mol. The fraction of sp³-hybridized carbons (Fsp3) is 0.391. The second kappa shape index (κ2) is 11.4. The number of carbonyl (C=O) groups is 2. The number of hydrogen-bond donors (Lipinski definition) is 2. The Balaban J connectivity index is 1.49. The van der Waals surface area contributed by atoms with Crippen molar-refractivity contribution < 1.29 is 19.1 Å². The van der Waals surface area contributed by atoms with Crippen LogP contribution in [0.2, 0.25) is 10.0 Å². The number of likely N-dealkylation sites (tertiary alicyclic amines) is 1. The quantitative estimate of drug-likeness (QED) is 0.571. The smallest absolute Gasteiger partial charge is 0.241 e. The number of amides is 2. The SMILES string of the molecule is COc1ccc(CCNC(=O)CN2CCCC2C(=O)Nc2cc(Cl)cc(Cl)c2)cc1OC. The third kappa shape index (κ3) is 6.51. The predicted octanol–water partition coefficient (Wildman–Crippen LogP) is 3.77. The number of halogens is 2. The minimum Gasteiger partial charge on any atom is -0.493 e. The third-order valence-corrected chi connectivity index (χ3v) is 5.76. The van der Waals surface area contributed by atoms with E-state index >= 15 is 0 Å². The molecule has 9 heteroatoms. The van der Waals surface area contributed by atoms with Crippen LogP contribution in [0.3, 0.4) is 0 Å². The first-order chi connectivity index (χ1) is 15.4. The first-order valence-corrected chi connectivity index (χ1v) is 11.1. The zero-order valence-corrected chi connectivity index (χ0v) is 19.6. The number of benzene rings is 2. The van der Waals surface area contributed by atoms with Crippen LogP contribution in [-0.2, 0) is 16.0 Å². The van der Waals surface area contributed by atoms with Gasteiger partial charge in [-0.2, -0.15) is 0 Å². The average Bonchev–Trinajstić information content (AvgIpc) is 3.21. The molecule has 0 bridgehead atoms. The summed E-state index contributed by atoms with van der Waals surface area (Å²) in [6.45, 7) is 1.35. The highest BCUT2D eigenvalue weighted by molar-refractivity contribution is 6.35. The molecule has 1 aliphatic rings. The molecular formula is C23H27Cl2N3O4. The molecule has 0 aromatic heterocycles. The summed E-state index contributed by atoms with van der Waals surface area (Å²) in [5.74, 6) is 1.04. The average molecular weight is 480 g/mol. The zero-order valence-electron chi connectivity index (χ0n) is 18.1. The number of ether oxygens (including phenoxy) is 2. The van der Waals surface area contributed by atoms with Gasteiger partial charge in [0.2, 0.25) is 11.8 Å². The van der Waals surface area contributed by atoms with E-state index in [2.05, 4.69) is 10.6 Å². The molecule has 1 atom stereocenters. The standard InChI is InChI=1S/C23H27Cl2N3O4/c1-31-20-6-5-15(10-21(20)32-2)7-8-26-22(29)14-28-9-3-4-19(28)23(30)27-18-12-16(24)11-17(25)13-18/h5-6,10-13,19H,3-4,7-9,14H2,1-2H3,(H,26,29)(H,27,30). The fourth-order valence-corrected chi connectivity index (χ4v) is 4.31. The van der Waals surface area contributed by atoms with Crippen molar-refractivity contribution in [1.29, 1.82) is 0 Å². The summed E-state index contributed by atoms with van der Waals surface area (Å²) in [5, 5.41) is 6.68. The van der Waals surface area contributed by atoms with Crippen LogP contribution in [0.25, 0.3) is 0 Å². The van der Waals surface area contributed by atoms with Crippen molar-refractivity contribution in [3.63, 3.8) is 0 Å². The van der Waals surface area contributed by atoms with Gasteiger partial charge in [0.05, 0.1) is 26.8 Å². The highest BCUT2D eigenvalue weighted by atomic mass is 35.5. The van der Waals surface area contributed by atoms with Crippen LogP contribution in [0, 0.1) is 0 Å². The minimum absolute atomic E-state index is 0.115. The molecule has 2 aromatic rings. The van der Waals surface area contributed by atoms with E-state index < -0.39 is 0 Å². The van der Waals surface area contributed by atoms with Crippen molar-refractivity contribution in [2.45, 2.75) is 25.3 Å². The van der Waals surface area contributed by atoms with Gasteiger partial charge in [-0.1, -0.05) is 29.3 Å². The van der Waals surface area contributed by atoms with Crippen LogP contribution >= 0.6 is 23.2 Å². The summed E-state index contributed by atoms with van der Waals surface area (Å²) in [7, 11) is 3.18. The maximum atomic E-state index is 12.7. The van der Waals surface area contributed by atoms with Gasteiger partial charge in [0, 0.05) is 22.3 Å². The molecule has 0 radical (unpaired) electrons. The van der Waals surface area contributed by atoms with E-state index in [-0.39, 0.29) is 24.4 Å². The molecule has 0 saturated carbocycles. The summed E-state index contributed by atoms with van der Waals surface area (Å²) in [6, 6.07) is 10.2. The van der Waals surface area contributed by atoms with E-state index in [1.165, 1.54) is 0 Å². The molecule has 1 heterocycles. The molecule has 1 unspecified atom stereocenters. The van der Waals surface area contributed by atoms with E-state index in [1.807, 2.05) is 23.1 Å². The van der Waals surface area contributed by atoms with Gasteiger partial charge in [-0.3, -0.25) is 14.5 Å². The largest absolute Gasteiger partial charge is 0.493 e. The number of nitrogens with zero attached hydrogens (tertiary/aromatic N) is 1. The monoisotopic (exact) mass is 479 g/mol. The summed E-state index contributed by atoms with van der Waals surface area (Å²) in [6.07, 6.45) is 2.21. The van der Waals surface area contributed by atoms with Crippen molar-refractivity contribution in [2.24, 2.45) is 0 Å². The Kier molecular flexibility index (Phi) is 8.61. The molecule has 1 fully saturated rings. The lowest BCUT2D eigenvalue weighted by Crippen LogP contribution is -2.45. The lowest BCUT2D eigenvalue weighted by Gasteiger charge is -2.23. The number of anilines is 1. The van der Waals surface area contributed by atoms with Gasteiger partial charge in [-0.15, -0.1) is 0 Å². The fourth-order valence-electron chi connectivity index (χ4n) is 3.79. The van der Waals surface area contributed by atoms with E-state index in [0.717, 1.165) is 12.0 Å². The van der Waals surface area contributed by atoms with E-state index in [0.29, 0.717) is 53.2 Å². The van der Waals surface area contributed by atoms with Gasteiger partial charge in [0.15, 0.2) is 11.5 Å². The Labute approximate surface area is 198 Å². The maximum Gasteiger partial charge on any atom is 0.241 e. The number of carbonyl (C=O) groups excluding carboxylic acids is 2. The van der Waals surface area contributed by atoms with Crippen molar-refractivity contribution in [1.82, 2.24) is 10.2 Å². The summed E-state index contributed by atoms with van der Waals surface area (Å²) >= 11 is 12.0. The number of rotatable bonds is 9. The summed E-state index contributed by atoms with van der Waals surface area (Å²) < 4.78 is 10.6. The van der Waals surface area contributed by atoms with Crippen molar-refractivity contribution >= 4 is 40.7 Å². The second-order valence-electron chi connectivity index (χ2n) is 7.57. The van der Waals surface area contributed by atoms with Crippen molar-refractivity contribution in [2.75, 3.05) is 39.2 Å². The Bertz CT molecular complexity index is 950. The molecule has 32 heavy (non-hydrogen) atoms. The Morgan fingerprint density at radius 3 is 2.47 bits per heavy atom. The van der Waals surface area contributed by atoms with E-state index in [4.69, 9.17) is 32.7 Å². The van der Waals surface area contributed by atoms with E-state index in [9.17, 15) is 9.59 Å². The molecule has 172 valence electrons. The Morgan fingerprint density at radius 2 is 1.78 bits per heavy atom. The summed E-state index contributed by atoms with van der Waals surface area (Å²) in [4.78, 5) is 27.1. The topological polar surface area (TPSA) is 79.9 Å². The number of nitrogens with one attached hydrogen (secondary N) is 2. The molecule has 2 N–H and O–H groups in total. The molecule has 2 aromatic carbocycles. The third-order valence-electron chi connectivity index (χ3n) is 5.33. The van der Waals surface area contributed by atoms with Crippen LogP contribution in [0.1, 0.15) is 18.4 Å². The molecule has 7 nitrogen and oxygen atoms in total. The molecule has 1 aliphatic heterocycles. The van der Waals surface area contributed by atoms with Crippen LogP contribution in [0.4, 0.5) is 5.69 Å². The molecule has 1 saturated heterocycles. The van der Waals surface area contributed by atoms with Crippen molar-refractivity contribution in [3.8, 4) is 11.5 Å². The van der Waals surface area contributed by atoms with Crippen molar-refractivity contribution in [3.05, 3.63) is 52.0 Å². The first kappa shape index (κ1) is 24.2. The van der Waals surface area contributed by atoms with Crippen LogP contribution in [0.5, 0.6) is 11.5 Å². The molecular weight excluding hydrogens is 453 g/mol. The minimum atomic E-state index is -0.371. The van der Waals surface area contributed by atoms with Crippen LogP contribution in [-0.4, -0.2) is 56.6 Å². The normalized spacial score (nSPS) is 15.9. The molecule has 3 rings (SSSR count). The Hall–Kier alpha value is -2.48. The maximum absolute atomic E-state index is 12.7. The summed E-state index contributed by atoms with van der Waals surface area (Å²) in [5.41, 5.74) is 1.57. The lowest BCUT2D eigenvalue weighted by atomic mass is 10.1.